The Bertz CT molecular complexity index is 624. The van der Waals surface area contributed by atoms with Crippen LogP contribution in [0.15, 0.2) is 36.9 Å². The van der Waals surface area contributed by atoms with Gasteiger partial charge in [0.15, 0.2) is 5.82 Å². The van der Waals surface area contributed by atoms with Crippen LogP contribution in [-0.4, -0.2) is 29.9 Å². The summed E-state index contributed by atoms with van der Waals surface area (Å²) in [5.74, 6) is 0.634. The minimum absolute atomic E-state index is 0.634. The molecule has 0 amide bonds. The number of hydrogen-bond acceptors (Lipinski definition) is 4. The first-order chi connectivity index (χ1) is 8.33. The van der Waals surface area contributed by atoms with E-state index in [1.165, 1.54) is 0 Å². The predicted octanol–water partition coefficient (Wildman–Crippen LogP) is 1.27. The number of rotatable bonds is 2. The molecule has 6 heteroatoms. The van der Waals surface area contributed by atoms with Gasteiger partial charge in [0.25, 0.3) is 0 Å². The normalized spacial score (nSPS) is 10.6. The Morgan fingerprint density at radius 3 is 3.00 bits per heavy atom. The van der Waals surface area contributed by atoms with Gasteiger partial charge in [0.1, 0.15) is 12.0 Å². The third-order valence-electron chi connectivity index (χ3n) is 2.38. The molecule has 17 heavy (non-hydrogen) atoms. The van der Waals surface area contributed by atoms with Crippen LogP contribution < -0.4 is 0 Å². The highest BCUT2D eigenvalue weighted by Crippen LogP contribution is 2.20. The van der Waals surface area contributed by atoms with Crippen molar-refractivity contribution in [3.8, 4) is 22.8 Å². The van der Waals surface area contributed by atoms with E-state index in [1.807, 2.05) is 25.2 Å². The molecule has 0 aromatic carbocycles. The summed E-state index contributed by atoms with van der Waals surface area (Å²) in [4.78, 5) is 8.22. The van der Waals surface area contributed by atoms with Crippen molar-refractivity contribution in [3.05, 3.63) is 36.9 Å². The number of aromatic amines is 1. The van der Waals surface area contributed by atoms with Gasteiger partial charge in [-0.05, 0) is 18.2 Å². The minimum atomic E-state index is 0.634. The van der Waals surface area contributed by atoms with Gasteiger partial charge in [0, 0.05) is 25.0 Å². The van der Waals surface area contributed by atoms with E-state index >= 15 is 0 Å². The zero-order chi connectivity index (χ0) is 11.7. The van der Waals surface area contributed by atoms with Gasteiger partial charge in [-0.3, -0.25) is 14.8 Å². The zero-order valence-corrected chi connectivity index (χ0v) is 9.20. The number of nitrogens with zero attached hydrogens (tertiary/aromatic N) is 5. The second-order valence-electron chi connectivity index (χ2n) is 3.65. The summed E-state index contributed by atoms with van der Waals surface area (Å²) in [6.45, 7) is 0. The summed E-state index contributed by atoms with van der Waals surface area (Å²) < 4.78 is 1.65. The fourth-order valence-electron chi connectivity index (χ4n) is 1.56. The maximum absolute atomic E-state index is 4.22. The molecule has 3 rings (SSSR count). The molecule has 0 spiro atoms. The standard InChI is InChI=1S/C11H10N6/c1-17-7-13-11(16-17)10-5-9(14-15-10)8-3-2-4-12-6-8/h2-7H,1H3,(H,14,15). The lowest BCUT2D eigenvalue weighted by Crippen LogP contribution is -1.87. The molecule has 3 heterocycles. The highest BCUT2D eigenvalue weighted by molar-refractivity contribution is 5.63. The van der Waals surface area contributed by atoms with Gasteiger partial charge >= 0.3 is 0 Å². The molecule has 0 radical (unpaired) electrons. The molecule has 0 unspecified atom stereocenters. The van der Waals surface area contributed by atoms with Gasteiger partial charge in [0.05, 0.1) is 5.69 Å². The van der Waals surface area contributed by atoms with Crippen LogP contribution in [0, 0.1) is 0 Å². The highest BCUT2D eigenvalue weighted by Gasteiger charge is 2.08. The van der Waals surface area contributed by atoms with Crippen LogP contribution in [0.5, 0.6) is 0 Å². The van der Waals surface area contributed by atoms with E-state index < -0.39 is 0 Å². The summed E-state index contributed by atoms with van der Waals surface area (Å²) in [6.07, 6.45) is 5.16. The van der Waals surface area contributed by atoms with E-state index in [1.54, 1.807) is 23.4 Å². The largest absolute Gasteiger partial charge is 0.274 e. The van der Waals surface area contributed by atoms with Crippen molar-refractivity contribution in [1.82, 2.24) is 29.9 Å². The van der Waals surface area contributed by atoms with Crippen molar-refractivity contribution in [2.45, 2.75) is 0 Å². The Labute approximate surface area is 97.4 Å². The van der Waals surface area contributed by atoms with Gasteiger partial charge in [-0.2, -0.15) is 5.10 Å². The van der Waals surface area contributed by atoms with Crippen LogP contribution in [0.2, 0.25) is 0 Å². The summed E-state index contributed by atoms with van der Waals surface area (Å²) in [5, 5.41) is 11.3. The summed E-state index contributed by atoms with van der Waals surface area (Å²) in [5.41, 5.74) is 2.59. The molecular formula is C11H10N6. The van der Waals surface area contributed by atoms with E-state index in [2.05, 4.69) is 25.3 Å². The van der Waals surface area contributed by atoms with Gasteiger partial charge in [-0.25, -0.2) is 4.98 Å². The SMILES string of the molecule is Cn1cnc(-c2cc(-c3cccnc3)n[nH]2)n1. The fraction of sp³-hybridized carbons (Fsp3) is 0.0909. The van der Waals surface area contributed by atoms with Crippen LogP contribution in [0.25, 0.3) is 22.8 Å². The Kier molecular flexibility index (Phi) is 2.18. The van der Waals surface area contributed by atoms with Gasteiger partial charge in [0.2, 0.25) is 0 Å². The molecule has 3 aromatic rings. The fourth-order valence-corrected chi connectivity index (χ4v) is 1.56. The molecule has 3 aromatic heterocycles. The van der Waals surface area contributed by atoms with Crippen molar-refractivity contribution >= 4 is 0 Å². The zero-order valence-electron chi connectivity index (χ0n) is 9.20. The van der Waals surface area contributed by atoms with Crippen LogP contribution in [-0.2, 0) is 7.05 Å². The number of pyridine rings is 1. The summed E-state index contributed by atoms with van der Waals surface area (Å²) in [6, 6.07) is 5.74. The van der Waals surface area contributed by atoms with E-state index in [0.717, 1.165) is 17.0 Å². The molecule has 0 saturated carbocycles. The first kappa shape index (κ1) is 9.71. The Balaban J connectivity index is 1.99. The van der Waals surface area contributed by atoms with E-state index in [4.69, 9.17) is 0 Å². The quantitative estimate of drug-likeness (QED) is 0.714. The van der Waals surface area contributed by atoms with E-state index in [0.29, 0.717) is 5.82 Å². The molecule has 6 nitrogen and oxygen atoms in total. The molecule has 84 valence electrons. The van der Waals surface area contributed by atoms with Crippen molar-refractivity contribution in [3.63, 3.8) is 0 Å². The van der Waals surface area contributed by atoms with Gasteiger partial charge < -0.3 is 0 Å². The Morgan fingerprint density at radius 2 is 2.29 bits per heavy atom. The maximum Gasteiger partial charge on any atom is 0.199 e. The molecule has 0 aliphatic heterocycles. The molecule has 0 bridgehead atoms. The van der Waals surface area contributed by atoms with Crippen molar-refractivity contribution in [2.75, 3.05) is 0 Å². The second kappa shape index (κ2) is 3.82. The summed E-state index contributed by atoms with van der Waals surface area (Å²) in [7, 11) is 1.83. The third-order valence-corrected chi connectivity index (χ3v) is 2.38. The maximum atomic E-state index is 4.22. The van der Waals surface area contributed by atoms with E-state index in [-0.39, 0.29) is 0 Å². The molecule has 0 aliphatic carbocycles. The number of aromatic nitrogens is 6. The lowest BCUT2D eigenvalue weighted by atomic mass is 10.2. The van der Waals surface area contributed by atoms with Crippen molar-refractivity contribution < 1.29 is 0 Å². The highest BCUT2D eigenvalue weighted by atomic mass is 15.3. The smallest absolute Gasteiger partial charge is 0.199 e. The molecule has 0 saturated heterocycles. The molecule has 0 fully saturated rings. The first-order valence-corrected chi connectivity index (χ1v) is 5.15. The number of nitrogens with one attached hydrogen (secondary N) is 1. The van der Waals surface area contributed by atoms with Crippen LogP contribution in [0.3, 0.4) is 0 Å². The van der Waals surface area contributed by atoms with Gasteiger partial charge in [-0.1, -0.05) is 0 Å². The molecular weight excluding hydrogens is 216 g/mol. The molecule has 0 aliphatic rings. The summed E-state index contributed by atoms with van der Waals surface area (Å²) >= 11 is 0. The van der Waals surface area contributed by atoms with Crippen LogP contribution in [0.4, 0.5) is 0 Å². The van der Waals surface area contributed by atoms with Crippen molar-refractivity contribution in [2.24, 2.45) is 7.05 Å². The van der Waals surface area contributed by atoms with Gasteiger partial charge in [-0.15, -0.1) is 5.10 Å². The second-order valence-corrected chi connectivity index (χ2v) is 3.65. The Morgan fingerprint density at radius 1 is 1.35 bits per heavy atom. The lowest BCUT2D eigenvalue weighted by Gasteiger charge is -1.91. The average Bonchev–Trinajstić information content (AvgIpc) is 2.98. The van der Waals surface area contributed by atoms with Crippen molar-refractivity contribution in [1.29, 1.82) is 0 Å². The third kappa shape index (κ3) is 1.80. The topological polar surface area (TPSA) is 72.3 Å². The lowest BCUT2D eigenvalue weighted by molar-refractivity contribution is 0.767. The number of aryl methyl sites for hydroxylation is 1. The number of hydrogen-bond donors (Lipinski definition) is 1. The minimum Gasteiger partial charge on any atom is -0.274 e. The Hall–Kier alpha value is -2.50. The average molecular weight is 226 g/mol. The molecule has 1 N–H and O–H groups in total. The van der Waals surface area contributed by atoms with Crippen LogP contribution in [0.1, 0.15) is 0 Å². The first-order valence-electron chi connectivity index (χ1n) is 5.15. The van der Waals surface area contributed by atoms with E-state index in [9.17, 15) is 0 Å². The predicted molar refractivity (Wildman–Crippen MR) is 61.8 cm³/mol. The molecule has 0 atom stereocenters. The van der Waals surface area contributed by atoms with Crippen LogP contribution >= 0.6 is 0 Å². The number of H-pyrrole nitrogens is 1. The monoisotopic (exact) mass is 226 g/mol.